The number of aliphatic hydroxyl groups excluding tert-OH is 1. The monoisotopic (exact) mass is 448 g/mol. The number of allylic oxidation sites excluding steroid dienone is 4. The van der Waals surface area contributed by atoms with Crippen LogP contribution in [0.15, 0.2) is 57.8 Å². The summed E-state index contributed by atoms with van der Waals surface area (Å²) in [5, 5.41) is 10.2. The highest BCUT2D eigenvalue weighted by Crippen LogP contribution is 2.54. The molecule has 1 aliphatic carbocycles. The number of aliphatic hydroxyl groups is 1. The summed E-state index contributed by atoms with van der Waals surface area (Å²) < 4.78 is 16.9. The van der Waals surface area contributed by atoms with E-state index in [4.69, 9.17) is 25.8 Å². The number of rotatable bonds is 6. The molecule has 2 heterocycles. The van der Waals surface area contributed by atoms with Crippen molar-refractivity contribution < 1.29 is 28.9 Å². The van der Waals surface area contributed by atoms with Crippen LogP contribution in [0, 0.1) is 17.8 Å². The standard InChI is InChI=1S/C24H29ClO6/c1-7-12(2)8-9-15-10-16-17(11-30-15)19-18(23(28)29-6)21(13(3)14(4)26)31-24(19,5)22(27)20(16)25/h8-14,19,26H,7H2,1-6H3/b9-8+/t12-,13+,14+,19+,24-/m0/s1. The van der Waals surface area contributed by atoms with E-state index in [1.54, 1.807) is 26.8 Å². The first-order chi connectivity index (χ1) is 14.6. The number of hydrogen-bond donors (Lipinski definition) is 1. The lowest BCUT2D eigenvalue weighted by molar-refractivity contribution is -0.137. The smallest absolute Gasteiger partial charge is 0.337 e. The SMILES string of the molecule is CC[C@H](C)/C=C/C1=CC2=C(Cl)C(=O)[C@@]3(C)OC([C@H](C)[C@@H](C)O)=C(C(=O)OC)[C@H]3C2=CO1. The molecular weight excluding hydrogens is 420 g/mol. The van der Waals surface area contributed by atoms with E-state index < -0.39 is 35.3 Å². The number of ether oxygens (including phenoxy) is 3. The average molecular weight is 449 g/mol. The van der Waals surface area contributed by atoms with Crippen LogP contribution in [0.3, 0.4) is 0 Å². The van der Waals surface area contributed by atoms with Crippen molar-refractivity contribution in [2.75, 3.05) is 7.11 Å². The fraction of sp³-hybridized carbons (Fsp3) is 0.500. The molecule has 0 aromatic heterocycles. The third-order valence-corrected chi connectivity index (χ3v) is 6.69. The molecule has 0 unspecified atom stereocenters. The van der Waals surface area contributed by atoms with Crippen LogP contribution in [0.1, 0.15) is 41.0 Å². The molecule has 0 saturated carbocycles. The molecule has 0 radical (unpaired) electrons. The molecule has 3 aliphatic rings. The average Bonchev–Trinajstić information content (AvgIpc) is 3.08. The Morgan fingerprint density at radius 1 is 1.39 bits per heavy atom. The Hall–Kier alpha value is -2.31. The zero-order chi connectivity index (χ0) is 23.1. The van der Waals surface area contributed by atoms with Gasteiger partial charge in [-0.05, 0) is 31.9 Å². The van der Waals surface area contributed by atoms with E-state index in [2.05, 4.69) is 13.8 Å². The Morgan fingerprint density at radius 2 is 2.06 bits per heavy atom. The van der Waals surface area contributed by atoms with Crippen molar-refractivity contribution in [2.24, 2.45) is 17.8 Å². The van der Waals surface area contributed by atoms with Gasteiger partial charge in [0.25, 0.3) is 0 Å². The zero-order valence-electron chi connectivity index (χ0n) is 18.7. The van der Waals surface area contributed by atoms with Gasteiger partial charge in [0.1, 0.15) is 11.5 Å². The largest absolute Gasteiger partial charge is 0.482 e. The van der Waals surface area contributed by atoms with Crippen LogP contribution >= 0.6 is 11.6 Å². The fourth-order valence-electron chi connectivity index (χ4n) is 3.97. The van der Waals surface area contributed by atoms with Gasteiger partial charge in [-0.25, -0.2) is 4.79 Å². The maximum atomic E-state index is 13.3. The quantitative estimate of drug-likeness (QED) is 0.609. The molecule has 0 aromatic carbocycles. The molecule has 1 N–H and O–H groups in total. The topological polar surface area (TPSA) is 82.1 Å². The Labute approximate surface area is 187 Å². The molecule has 0 bridgehead atoms. The van der Waals surface area contributed by atoms with Gasteiger partial charge in [0.15, 0.2) is 5.60 Å². The molecule has 6 nitrogen and oxygen atoms in total. The lowest BCUT2D eigenvalue weighted by Gasteiger charge is -2.37. The summed E-state index contributed by atoms with van der Waals surface area (Å²) in [7, 11) is 1.27. The number of carbonyl (C=O) groups is 2. The van der Waals surface area contributed by atoms with E-state index >= 15 is 0 Å². The maximum absolute atomic E-state index is 13.3. The molecular formula is C24H29ClO6. The van der Waals surface area contributed by atoms with Gasteiger partial charge in [0, 0.05) is 17.1 Å². The minimum absolute atomic E-state index is 0.0258. The minimum Gasteiger partial charge on any atom is -0.482 e. The van der Waals surface area contributed by atoms with Crippen molar-refractivity contribution in [3.05, 3.63) is 57.8 Å². The minimum atomic E-state index is -1.43. The Morgan fingerprint density at radius 3 is 2.65 bits per heavy atom. The number of methoxy groups -OCH3 is 1. The van der Waals surface area contributed by atoms with Gasteiger partial charge < -0.3 is 19.3 Å². The van der Waals surface area contributed by atoms with Gasteiger partial charge >= 0.3 is 5.97 Å². The van der Waals surface area contributed by atoms with E-state index in [0.29, 0.717) is 22.8 Å². The second kappa shape index (κ2) is 8.67. The van der Waals surface area contributed by atoms with Crippen molar-refractivity contribution in [1.82, 2.24) is 0 Å². The van der Waals surface area contributed by atoms with Crippen LogP contribution in [0.25, 0.3) is 0 Å². The molecule has 31 heavy (non-hydrogen) atoms. The number of halogens is 1. The van der Waals surface area contributed by atoms with Gasteiger partial charge in [-0.1, -0.05) is 44.9 Å². The molecule has 5 atom stereocenters. The molecule has 0 amide bonds. The summed E-state index contributed by atoms with van der Waals surface area (Å²) in [6.07, 6.45) is 7.28. The number of carbonyl (C=O) groups excluding carboxylic acids is 2. The third kappa shape index (κ3) is 3.87. The highest BCUT2D eigenvalue weighted by molar-refractivity contribution is 6.45. The summed E-state index contributed by atoms with van der Waals surface area (Å²) in [6, 6.07) is 0. The van der Waals surface area contributed by atoms with Crippen LogP contribution < -0.4 is 0 Å². The Kier molecular flexibility index (Phi) is 6.53. The van der Waals surface area contributed by atoms with E-state index in [9.17, 15) is 14.7 Å². The lowest BCUT2D eigenvalue weighted by atomic mass is 9.70. The molecule has 3 rings (SSSR count). The van der Waals surface area contributed by atoms with Crippen LogP contribution in [-0.4, -0.2) is 35.7 Å². The van der Waals surface area contributed by atoms with Gasteiger partial charge in [-0.15, -0.1) is 0 Å². The van der Waals surface area contributed by atoms with Crippen LogP contribution in [0.5, 0.6) is 0 Å². The second-order valence-electron chi connectivity index (χ2n) is 8.48. The third-order valence-electron chi connectivity index (χ3n) is 6.32. The molecule has 0 aromatic rings. The van der Waals surface area contributed by atoms with Gasteiger partial charge in [-0.2, -0.15) is 0 Å². The van der Waals surface area contributed by atoms with Crippen molar-refractivity contribution in [1.29, 1.82) is 0 Å². The van der Waals surface area contributed by atoms with Crippen LogP contribution in [-0.2, 0) is 23.8 Å². The number of esters is 1. The summed E-state index contributed by atoms with van der Waals surface area (Å²) in [5.74, 6) is -1.18. The number of hydrogen-bond acceptors (Lipinski definition) is 6. The Bertz CT molecular complexity index is 951. The van der Waals surface area contributed by atoms with E-state index in [-0.39, 0.29) is 16.4 Å². The van der Waals surface area contributed by atoms with E-state index in [0.717, 1.165) is 6.42 Å². The molecule has 0 spiro atoms. The second-order valence-corrected chi connectivity index (χ2v) is 8.86. The number of Topliss-reactive ketones (excluding diaryl/α,β-unsaturated/α-hetero) is 1. The molecule has 7 heteroatoms. The normalized spacial score (nSPS) is 28.3. The zero-order valence-corrected chi connectivity index (χ0v) is 19.4. The maximum Gasteiger partial charge on any atom is 0.337 e. The first-order valence-corrected chi connectivity index (χ1v) is 10.9. The summed E-state index contributed by atoms with van der Waals surface area (Å²) in [6.45, 7) is 9.12. The summed E-state index contributed by atoms with van der Waals surface area (Å²) >= 11 is 6.50. The number of fused-ring (bicyclic) bond motifs is 3. The first kappa shape index (κ1) is 23.4. The predicted octanol–water partition coefficient (Wildman–Crippen LogP) is 4.31. The Balaban J connectivity index is 2.13. The van der Waals surface area contributed by atoms with Gasteiger partial charge in [0.2, 0.25) is 5.78 Å². The fourth-order valence-corrected chi connectivity index (χ4v) is 4.32. The van der Waals surface area contributed by atoms with Gasteiger partial charge in [-0.3, -0.25) is 4.79 Å². The van der Waals surface area contributed by atoms with E-state index in [1.165, 1.54) is 13.4 Å². The number of ketones is 1. The van der Waals surface area contributed by atoms with E-state index in [1.807, 2.05) is 12.2 Å². The van der Waals surface area contributed by atoms with Crippen molar-refractivity contribution >= 4 is 23.4 Å². The molecule has 168 valence electrons. The predicted molar refractivity (Wildman–Crippen MR) is 117 cm³/mol. The highest BCUT2D eigenvalue weighted by Gasteiger charge is 2.60. The van der Waals surface area contributed by atoms with Crippen molar-refractivity contribution in [3.8, 4) is 0 Å². The van der Waals surface area contributed by atoms with Crippen LogP contribution in [0.2, 0.25) is 0 Å². The molecule has 0 saturated heterocycles. The first-order valence-electron chi connectivity index (χ1n) is 10.5. The van der Waals surface area contributed by atoms with Crippen LogP contribution in [0.4, 0.5) is 0 Å². The lowest BCUT2D eigenvalue weighted by Crippen LogP contribution is -2.47. The molecule has 0 fully saturated rings. The summed E-state index contributed by atoms with van der Waals surface area (Å²) in [4.78, 5) is 26.1. The molecule has 2 aliphatic heterocycles. The van der Waals surface area contributed by atoms with Crippen molar-refractivity contribution in [2.45, 2.75) is 52.7 Å². The highest BCUT2D eigenvalue weighted by atomic mass is 35.5. The summed E-state index contributed by atoms with van der Waals surface area (Å²) in [5.41, 5.74) is -0.160. The van der Waals surface area contributed by atoms with Crippen molar-refractivity contribution in [3.63, 3.8) is 0 Å². The van der Waals surface area contributed by atoms with Gasteiger partial charge in [0.05, 0.1) is 36.0 Å².